The summed E-state index contributed by atoms with van der Waals surface area (Å²) in [7, 11) is 1.83. The number of nitrogens with zero attached hydrogens (tertiary/aromatic N) is 2. The van der Waals surface area contributed by atoms with Gasteiger partial charge in [-0.25, -0.2) is 0 Å². The van der Waals surface area contributed by atoms with E-state index >= 15 is 0 Å². The normalized spacial score (nSPS) is 12.2. The van der Waals surface area contributed by atoms with E-state index in [9.17, 15) is 4.79 Å². The minimum Gasteiger partial charge on any atom is -0.345 e. The average molecular weight is 336 g/mol. The molecule has 0 aliphatic rings. The van der Waals surface area contributed by atoms with E-state index in [1.165, 1.54) is 0 Å². The molecule has 0 aliphatic heterocycles. The van der Waals surface area contributed by atoms with Gasteiger partial charge in [-0.2, -0.15) is 5.10 Å². The van der Waals surface area contributed by atoms with Crippen molar-refractivity contribution in [2.75, 3.05) is 0 Å². The Morgan fingerprint density at radius 2 is 2.05 bits per heavy atom. The molecule has 0 radical (unpaired) electrons. The van der Waals surface area contributed by atoms with E-state index in [0.29, 0.717) is 5.56 Å². The highest BCUT2D eigenvalue weighted by Crippen LogP contribution is 2.17. The standard InChI is InChI=1S/C15H18BrN3O/c1-4-14-13(9-19(3)18-14)15(20)17-10(2)11-5-7-12(16)8-6-11/h5-10H,4H2,1-3H3,(H,17,20). The predicted octanol–water partition coefficient (Wildman–Crippen LogP) is 3.24. The molecular weight excluding hydrogens is 318 g/mol. The highest BCUT2D eigenvalue weighted by molar-refractivity contribution is 9.10. The van der Waals surface area contributed by atoms with Crippen LogP contribution in [0.1, 0.15) is 41.5 Å². The monoisotopic (exact) mass is 335 g/mol. The molecule has 0 saturated carbocycles. The molecule has 0 saturated heterocycles. The van der Waals surface area contributed by atoms with Crippen molar-refractivity contribution in [3.8, 4) is 0 Å². The lowest BCUT2D eigenvalue weighted by Crippen LogP contribution is -2.27. The summed E-state index contributed by atoms with van der Waals surface area (Å²) in [5.74, 6) is -0.0784. The number of halogens is 1. The van der Waals surface area contributed by atoms with E-state index in [1.807, 2.05) is 45.2 Å². The number of aryl methyl sites for hydroxylation is 2. The Labute approximate surface area is 127 Å². The van der Waals surface area contributed by atoms with Crippen molar-refractivity contribution in [3.63, 3.8) is 0 Å². The Kier molecular flexibility index (Phi) is 4.60. The summed E-state index contributed by atoms with van der Waals surface area (Å²) in [6, 6.07) is 7.90. The molecule has 2 rings (SSSR count). The van der Waals surface area contributed by atoms with Crippen molar-refractivity contribution in [1.82, 2.24) is 15.1 Å². The highest BCUT2D eigenvalue weighted by Gasteiger charge is 2.16. The molecule has 1 heterocycles. The van der Waals surface area contributed by atoms with Gasteiger partial charge in [0.15, 0.2) is 0 Å². The Hall–Kier alpha value is -1.62. The molecule has 1 N–H and O–H groups in total. The van der Waals surface area contributed by atoms with Crippen LogP contribution in [0, 0.1) is 0 Å². The molecule has 106 valence electrons. The topological polar surface area (TPSA) is 46.9 Å². The highest BCUT2D eigenvalue weighted by atomic mass is 79.9. The van der Waals surface area contributed by atoms with Crippen molar-refractivity contribution in [2.24, 2.45) is 7.05 Å². The molecule has 0 bridgehead atoms. The van der Waals surface area contributed by atoms with Gasteiger partial charge in [0, 0.05) is 17.7 Å². The van der Waals surface area contributed by atoms with E-state index in [2.05, 4.69) is 26.3 Å². The molecule has 1 aromatic heterocycles. The van der Waals surface area contributed by atoms with Gasteiger partial charge in [0.2, 0.25) is 0 Å². The van der Waals surface area contributed by atoms with Crippen LogP contribution in [0.4, 0.5) is 0 Å². The number of hydrogen-bond donors (Lipinski definition) is 1. The summed E-state index contributed by atoms with van der Waals surface area (Å²) >= 11 is 3.41. The maximum Gasteiger partial charge on any atom is 0.255 e. The van der Waals surface area contributed by atoms with Crippen LogP contribution in [0.5, 0.6) is 0 Å². The number of amides is 1. The van der Waals surface area contributed by atoms with E-state index in [-0.39, 0.29) is 11.9 Å². The van der Waals surface area contributed by atoms with Crippen molar-refractivity contribution in [2.45, 2.75) is 26.3 Å². The van der Waals surface area contributed by atoms with Crippen molar-refractivity contribution in [3.05, 3.63) is 51.8 Å². The van der Waals surface area contributed by atoms with Crippen molar-refractivity contribution in [1.29, 1.82) is 0 Å². The maximum atomic E-state index is 12.3. The quantitative estimate of drug-likeness (QED) is 0.932. The molecule has 1 amide bonds. The minimum atomic E-state index is -0.0784. The Bertz CT molecular complexity index is 604. The van der Waals surface area contributed by atoms with E-state index < -0.39 is 0 Å². The lowest BCUT2D eigenvalue weighted by atomic mass is 10.1. The van der Waals surface area contributed by atoms with E-state index in [0.717, 1.165) is 22.2 Å². The van der Waals surface area contributed by atoms with E-state index in [1.54, 1.807) is 10.9 Å². The number of benzene rings is 1. The molecule has 1 aromatic carbocycles. The van der Waals surface area contributed by atoms with Crippen LogP contribution in [0.3, 0.4) is 0 Å². The van der Waals surface area contributed by atoms with Gasteiger partial charge in [0.1, 0.15) is 0 Å². The second kappa shape index (κ2) is 6.22. The van der Waals surface area contributed by atoms with Crippen molar-refractivity contribution >= 4 is 21.8 Å². The second-order valence-electron chi connectivity index (χ2n) is 4.76. The largest absolute Gasteiger partial charge is 0.345 e. The summed E-state index contributed by atoms with van der Waals surface area (Å²) in [6.07, 6.45) is 2.51. The minimum absolute atomic E-state index is 0.0412. The van der Waals surface area contributed by atoms with Crippen LogP contribution in [-0.2, 0) is 13.5 Å². The molecule has 0 aliphatic carbocycles. The molecule has 0 fully saturated rings. The summed E-state index contributed by atoms with van der Waals surface area (Å²) in [4.78, 5) is 12.3. The fraction of sp³-hybridized carbons (Fsp3) is 0.333. The summed E-state index contributed by atoms with van der Waals surface area (Å²) in [5.41, 5.74) is 2.55. The SMILES string of the molecule is CCc1nn(C)cc1C(=O)NC(C)c1ccc(Br)cc1. The zero-order valence-electron chi connectivity index (χ0n) is 11.9. The molecular formula is C15H18BrN3O. The number of carbonyl (C=O) groups excluding carboxylic acids is 1. The maximum absolute atomic E-state index is 12.3. The number of aromatic nitrogens is 2. The first-order valence-corrected chi connectivity index (χ1v) is 7.39. The lowest BCUT2D eigenvalue weighted by molar-refractivity contribution is 0.0939. The second-order valence-corrected chi connectivity index (χ2v) is 5.68. The smallest absolute Gasteiger partial charge is 0.255 e. The first-order valence-electron chi connectivity index (χ1n) is 6.60. The van der Waals surface area contributed by atoms with Gasteiger partial charge in [0.25, 0.3) is 5.91 Å². The Morgan fingerprint density at radius 1 is 1.40 bits per heavy atom. The molecule has 1 unspecified atom stereocenters. The average Bonchev–Trinajstić information content (AvgIpc) is 2.80. The van der Waals surface area contributed by atoms with Gasteiger partial charge >= 0.3 is 0 Å². The summed E-state index contributed by atoms with van der Waals surface area (Å²) < 4.78 is 2.71. The van der Waals surface area contributed by atoms with Gasteiger partial charge in [-0.15, -0.1) is 0 Å². The van der Waals surface area contributed by atoms with Crippen LogP contribution in [0.15, 0.2) is 34.9 Å². The Balaban J connectivity index is 2.12. The van der Waals surface area contributed by atoms with Crippen LogP contribution < -0.4 is 5.32 Å². The van der Waals surface area contributed by atoms with Gasteiger partial charge in [0.05, 0.1) is 17.3 Å². The Morgan fingerprint density at radius 3 is 2.65 bits per heavy atom. The van der Waals surface area contributed by atoms with E-state index in [4.69, 9.17) is 0 Å². The summed E-state index contributed by atoms with van der Waals surface area (Å²) in [5, 5.41) is 7.30. The van der Waals surface area contributed by atoms with Gasteiger partial charge in [-0.05, 0) is 31.0 Å². The van der Waals surface area contributed by atoms with Crippen LogP contribution in [0.25, 0.3) is 0 Å². The number of hydrogen-bond acceptors (Lipinski definition) is 2. The van der Waals surface area contributed by atoms with Gasteiger partial charge in [-0.1, -0.05) is 35.0 Å². The van der Waals surface area contributed by atoms with Gasteiger partial charge in [-0.3, -0.25) is 9.48 Å². The number of carbonyl (C=O) groups is 1. The number of rotatable bonds is 4. The molecule has 2 aromatic rings. The first-order chi connectivity index (χ1) is 9.51. The molecule has 5 heteroatoms. The molecule has 1 atom stereocenters. The molecule has 4 nitrogen and oxygen atoms in total. The zero-order chi connectivity index (χ0) is 14.7. The predicted molar refractivity (Wildman–Crippen MR) is 82.6 cm³/mol. The van der Waals surface area contributed by atoms with Crippen molar-refractivity contribution < 1.29 is 4.79 Å². The first kappa shape index (κ1) is 14.8. The third-order valence-corrected chi connectivity index (χ3v) is 3.73. The number of nitrogens with one attached hydrogen (secondary N) is 1. The van der Waals surface area contributed by atoms with Crippen LogP contribution >= 0.6 is 15.9 Å². The van der Waals surface area contributed by atoms with Gasteiger partial charge < -0.3 is 5.32 Å². The summed E-state index contributed by atoms with van der Waals surface area (Å²) in [6.45, 7) is 3.97. The fourth-order valence-electron chi connectivity index (χ4n) is 2.09. The van der Waals surface area contributed by atoms with Crippen LogP contribution in [0.2, 0.25) is 0 Å². The fourth-order valence-corrected chi connectivity index (χ4v) is 2.36. The third kappa shape index (κ3) is 3.28. The zero-order valence-corrected chi connectivity index (χ0v) is 13.4. The van der Waals surface area contributed by atoms with Crippen LogP contribution in [-0.4, -0.2) is 15.7 Å². The molecule has 20 heavy (non-hydrogen) atoms. The molecule has 0 spiro atoms. The third-order valence-electron chi connectivity index (χ3n) is 3.20. The lowest BCUT2D eigenvalue weighted by Gasteiger charge is -2.14.